The normalized spacial score (nSPS) is 12.7. The fraction of sp³-hybridized carbons (Fsp3) is 0.190. The fourth-order valence-electron chi connectivity index (χ4n) is 3.55. The van der Waals surface area contributed by atoms with Crippen LogP contribution in [0.1, 0.15) is 5.56 Å². The Kier molecular flexibility index (Phi) is 4.58. The first-order chi connectivity index (χ1) is 15.1. The van der Waals surface area contributed by atoms with Crippen molar-refractivity contribution < 1.29 is 14.6 Å². The standard InChI is InChI=1S/C21H19N7O3/c1-12-16(9-23-20-19(12)22-4-5-31-20)13-2-3-14-7-24-21(27-17(14)6-13)26-15-8-25-28(10-15)11-18(29)30/h2-3,6-10,22H,4-5,11H2,1H3,(H,29,30)(H,24,26,27). The van der Waals surface area contributed by atoms with Gasteiger partial charge in [-0.25, -0.2) is 15.0 Å². The van der Waals surface area contributed by atoms with Gasteiger partial charge in [-0.2, -0.15) is 5.10 Å². The van der Waals surface area contributed by atoms with E-state index in [1.54, 1.807) is 12.4 Å². The number of hydrogen-bond acceptors (Lipinski definition) is 8. The number of nitrogens with one attached hydrogen (secondary N) is 2. The quantitative estimate of drug-likeness (QED) is 0.449. The van der Waals surface area contributed by atoms with E-state index in [9.17, 15) is 4.79 Å². The minimum absolute atomic E-state index is 0.211. The number of carboxylic acid groups (broad SMARTS) is 1. The van der Waals surface area contributed by atoms with Crippen molar-refractivity contribution in [2.45, 2.75) is 13.5 Å². The number of aromatic nitrogens is 5. The second kappa shape index (κ2) is 7.56. The highest BCUT2D eigenvalue weighted by atomic mass is 16.5. The van der Waals surface area contributed by atoms with Gasteiger partial charge >= 0.3 is 5.97 Å². The maximum atomic E-state index is 10.8. The number of anilines is 3. The summed E-state index contributed by atoms with van der Waals surface area (Å²) in [5.74, 6) is 0.0679. The number of benzene rings is 1. The number of carboxylic acids is 1. The molecule has 0 aliphatic carbocycles. The van der Waals surface area contributed by atoms with E-state index in [0.29, 0.717) is 24.1 Å². The summed E-state index contributed by atoms with van der Waals surface area (Å²) in [6.45, 7) is 3.19. The third-order valence-corrected chi connectivity index (χ3v) is 5.03. The molecule has 10 heteroatoms. The average Bonchev–Trinajstić information content (AvgIpc) is 3.19. The molecule has 3 N–H and O–H groups in total. The van der Waals surface area contributed by atoms with Gasteiger partial charge in [0.1, 0.15) is 18.8 Å². The van der Waals surface area contributed by atoms with Crippen molar-refractivity contribution in [3.05, 3.63) is 48.5 Å². The van der Waals surface area contributed by atoms with E-state index in [1.807, 2.05) is 31.3 Å². The van der Waals surface area contributed by atoms with E-state index in [0.717, 1.165) is 39.8 Å². The molecule has 5 rings (SSSR count). The molecule has 1 aliphatic rings. The predicted octanol–water partition coefficient (Wildman–Crippen LogP) is 2.83. The third-order valence-electron chi connectivity index (χ3n) is 5.03. The van der Waals surface area contributed by atoms with Crippen molar-refractivity contribution in [2.24, 2.45) is 0 Å². The smallest absolute Gasteiger partial charge is 0.325 e. The topological polar surface area (TPSA) is 127 Å². The Bertz CT molecular complexity index is 1300. The van der Waals surface area contributed by atoms with Gasteiger partial charge in [-0.05, 0) is 24.1 Å². The van der Waals surface area contributed by atoms with E-state index in [1.165, 1.54) is 10.9 Å². The Morgan fingerprint density at radius 1 is 1.29 bits per heavy atom. The first-order valence-corrected chi connectivity index (χ1v) is 9.71. The maximum absolute atomic E-state index is 10.8. The number of ether oxygens (including phenoxy) is 1. The predicted molar refractivity (Wildman–Crippen MR) is 115 cm³/mol. The number of pyridine rings is 1. The van der Waals surface area contributed by atoms with E-state index < -0.39 is 5.97 Å². The molecule has 0 saturated heterocycles. The minimum atomic E-state index is -0.960. The van der Waals surface area contributed by atoms with Gasteiger partial charge in [-0.15, -0.1) is 0 Å². The highest BCUT2D eigenvalue weighted by Crippen LogP contribution is 2.35. The molecule has 0 spiro atoms. The fourth-order valence-corrected chi connectivity index (χ4v) is 3.55. The number of hydrogen-bond donors (Lipinski definition) is 3. The molecular formula is C21H19N7O3. The van der Waals surface area contributed by atoms with E-state index >= 15 is 0 Å². The van der Waals surface area contributed by atoms with Crippen LogP contribution in [0.2, 0.25) is 0 Å². The molecule has 31 heavy (non-hydrogen) atoms. The van der Waals surface area contributed by atoms with Crippen LogP contribution in [0.25, 0.3) is 22.0 Å². The highest BCUT2D eigenvalue weighted by molar-refractivity contribution is 5.86. The Labute approximate surface area is 176 Å². The molecule has 0 unspecified atom stereocenters. The largest absolute Gasteiger partial charge is 0.480 e. The lowest BCUT2D eigenvalue weighted by atomic mass is 10.00. The molecule has 0 atom stereocenters. The SMILES string of the molecule is Cc1c(-c2ccc3cnc(Nc4cnn(CC(=O)O)c4)nc3c2)cnc2c1NCCO2. The summed E-state index contributed by atoms with van der Waals surface area (Å²) < 4.78 is 6.95. The zero-order valence-electron chi connectivity index (χ0n) is 16.7. The summed E-state index contributed by atoms with van der Waals surface area (Å²) in [6, 6.07) is 5.99. The molecule has 4 heterocycles. The van der Waals surface area contributed by atoms with Gasteiger partial charge in [0.05, 0.1) is 17.4 Å². The molecule has 1 aliphatic heterocycles. The number of rotatable bonds is 5. The third kappa shape index (κ3) is 3.70. The first kappa shape index (κ1) is 18.8. The van der Waals surface area contributed by atoms with E-state index in [-0.39, 0.29) is 6.54 Å². The maximum Gasteiger partial charge on any atom is 0.325 e. The minimum Gasteiger partial charge on any atom is -0.480 e. The van der Waals surface area contributed by atoms with Crippen LogP contribution >= 0.6 is 0 Å². The number of fused-ring (bicyclic) bond motifs is 2. The zero-order valence-corrected chi connectivity index (χ0v) is 16.7. The van der Waals surface area contributed by atoms with E-state index in [2.05, 4.69) is 30.7 Å². The molecule has 3 aromatic heterocycles. The second-order valence-electron chi connectivity index (χ2n) is 7.16. The Hall–Kier alpha value is -4.21. The molecule has 0 fully saturated rings. The van der Waals surface area contributed by atoms with E-state index in [4.69, 9.17) is 9.84 Å². The number of aliphatic carboxylic acids is 1. The Morgan fingerprint density at radius 2 is 2.19 bits per heavy atom. The molecule has 0 amide bonds. The van der Waals surface area contributed by atoms with Crippen LogP contribution in [0.3, 0.4) is 0 Å². The van der Waals surface area contributed by atoms with Crippen molar-refractivity contribution in [2.75, 3.05) is 23.8 Å². The van der Waals surface area contributed by atoms with Gasteiger partial charge in [0.2, 0.25) is 11.8 Å². The van der Waals surface area contributed by atoms with Crippen molar-refractivity contribution in [1.82, 2.24) is 24.7 Å². The molecule has 0 saturated carbocycles. The number of carbonyl (C=O) groups is 1. The van der Waals surface area contributed by atoms with Gasteiger partial charge in [-0.3, -0.25) is 9.48 Å². The Balaban J connectivity index is 1.46. The summed E-state index contributed by atoms with van der Waals surface area (Å²) in [5, 5.41) is 20.2. The van der Waals surface area contributed by atoms with Crippen LogP contribution < -0.4 is 15.4 Å². The van der Waals surface area contributed by atoms with Gasteiger partial charge in [0, 0.05) is 36.1 Å². The summed E-state index contributed by atoms with van der Waals surface area (Å²) >= 11 is 0. The first-order valence-electron chi connectivity index (χ1n) is 9.71. The molecule has 0 bridgehead atoms. The summed E-state index contributed by atoms with van der Waals surface area (Å²) in [5.41, 5.74) is 5.37. The zero-order chi connectivity index (χ0) is 21.4. The van der Waals surface area contributed by atoms with Crippen molar-refractivity contribution in [3.8, 4) is 17.0 Å². The summed E-state index contributed by atoms with van der Waals surface area (Å²) in [7, 11) is 0. The molecule has 0 radical (unpaired) electrons. The van der Waals surface area contributed by atoms with Gasteiger partial charge in [0.25, 0.3) is 0 Å². The van der Waals surface area contributed by atoms with Crippen LogP contribution in [-0.2, 0) is 11.3 Å². The van der Waals surface area contributed by atoms with Gasteiger partial charge in [-0.1, -0.05) is 12.1 Å². The van der Waals surface area contributed by atoms with Crippen LogP contribution in [0.5, 0.6) is 5.88 Å². The highest BCUT2D eigenvalue weighted by Gasteiger charge is 2.17. The van der Waals surface area contributed by atoms with Crippen LogP contribution in [-0.4, -0.2) is 49.0 Å². The molecule has 156 valence electrons. The lowest BCUT2D eigenvalue weighted by Crippen LogP contribution is -2.20. The molecule has 1 aromatic carbocycles. The number of nitrogens with zero attached hydrogens (tertiary/aromatic N) is 5. The molecular weight excluding hydrogens is 398 g/mol. The average molecular weight is 417 g/mol. The monoisotopic (exact) mass is 417 g/mol. The van der Waals surface area contributed by atoms with Crippen molar-refractivity contribution >= 4 is 34.2 Å². The van der Waals surface area contributed by atoms with Crippen LogP contribution in [0, 0.1) is 6.92 Å². The summed E-state index contributed by atoms with van der Waals surface area (Å²) in [6.07, 6.45) is 6.68. The molecule has 10 nitrogen and oxygen atoms in total. The Morgan fingerprint density at radius 3 is 3.06 bits per heavy atom. The van der Waals surface area contributed by atoms with Crippen LogP contribution in [0.4, 0.5) is 17.3 Å². The lowest BCUT2D eigenvalue weighted by Gasteiger charge is -2.21. The second-order valence-corrected chi connectivity index (χ2v) is 7.16. The lowest BCUT2D eigenvalue weighted by molar-refractivity contribution is -0.137. The van der Waals surface area contributed by atoms with Crippen molar-refractivity contribution in [1.29, 1.82) is 0 Å². The van der Waals surface area contributed by atoms with Gasteiger partial charge < -0.3 is 20.5 Å². The summed E-state index contributed by atoms with van der Waals surface area (Å²) in [4.78, 5) is 24.2. The molecule has 4 aromatic rings. The van der Waals surface area contributed by atoms with Crippen molar-refractivity contribution in [3.63, 3.8) is 0 Å². The van der Waals surface area contributed by atoms with Crippen LogP contribution in [0.15, 0.2) is 43.0 Å². The van der Waals surface area contributed by atoms with Gasteiger partial charge in [0.15, 0.2) is 0 Å².